The number of hydrogen-bond acceptors (Lipinski definition) is 3. The van der Waals surface area contributed by atoms with E-state index in [1.165, 1.54) is 10.9 Å². The number of phenolic OH excluding ortho intramolecular Hbond substituents is 1. The molecule has 2 aromatic carbocycles. The quantitative estimate of drug-likeness (QED) is 0.729. The van der Waals surface area contributed by atoms with Gasteiger partial charge in [0.15, 0.2) is 0 Å². The largest absolute Gasteiger partial charge is 0.506 e. The predicted molar refractivity (Wildman–Crippen MR) is 91.2 cm³/mol. The molecule has 0 aliphatic carbocycles. The predicted octanol–water partition coefficient (Wildman–Crippen LogP) is 3.24. The van der Waals surface area contributed by atoms with E-state index in [4.69, 9.17) is 0 Å². The highest BCUT2D eigenvalue weighted by atomic mass is 16.3. The molecule has 1 aromatic heterocycles. The molecule has 5 nitrogen and oxygen atoms in total. The fourth-order valence-corrected chi connectivity index (χ4v) is 2.40. The van der Waals surface area contributed by atoms with Crippen molar-refractivity contribution in [3.05, 3.63) is 75.7 Å². The summed E-state index contributed by atoms with van der Waals surface area (Å²) in [4.78, 5) is 16.8. The average Bonchev–Trinajstić information content (AvgIpc) is 2.82. The van der Waals surface area contributed by atoms with E-state index in [0.29, 0.717) is 11.3 Å². The Kier molecular flexibility index (Phi) is 3.85. The molecule has 1 heterocycles. The van der Waals surface area contributed by atoms with Gasteiger partial charge in [-0.2, -0.15) is 0 Å². The number of rotatable bonds is 3. The van der Waals surface area contributed by atoms with Gasteiger partial charge in [-0.1, -0.05) is 30.3 Å². The second-order valence-corrected chi connectivity index (χ2v) is 5.32. The minimum Gasteiger partial charge on any atom is -0.506 e. The normalized spacial score (nSPS) is 11.2. The summed E-state index contributed by atoms with van der Waals surface area (Å²) in [6.45, 7) is 3.77. The maximum Gasteiger partial charge on any atom is 0.280 e. The molecule has 0 radical (unpaired) electrons. The van der Waals surface area contributed by atoms with E-state index >= 15 is 0 Å². The second kappa shape index (κ2) is 5.96. The van der Waals surface area contributed by atoms with Crippen LogP contribution in [0.15, 0.2) is 58.3 Å². The number of aromatic hydroxyl groups is 1. The Hall–Kier alpha value is -3.08. The van der Waals surface area contributed by atoms with E-state index in [1.807, 2.05) is 38.1 Å². The van der Waals surface area contributed by atoms with E-state index < -0.39 is 0 Å². The maximum atomic E-state index is 12.6. The van der Waals surface area contributed by atoms with Gasteiger partial charge >= 0.3 is 0 Å². The first kappa shape index (κ1) is 14.8. The Labute approximate surface area is 133 Å². The zero-order valence-corrected chi connectivity index (χ0v) is 12.9. The van der Waals surface area contributed by atoms with Gasteiger partial charge in [-0.3, -0.25) is 14.9 Å². The van der Waals surface area contributed by atoms with Gasteiger partial charge in [-0.15, -0.1) is 0 Å². The highest BCUT2D eigenvalue weighted by Gasteiger charge is 2.12. The minimum absolute atomic E-state index is 0.0798. The van der Waals surface area contributed by atoms with E-state index in [0.717, 1.165) is 16.9 Å². The van der Waals surface area contributed by atoms with Crippen LogP contribution in [-0.4, -0.2) is 21.1 Å². The Morgan fingerprint density at radius 1 is 1.09 bits per heavy atom. The Balaban J connectivity index is 2.04. The van der Waals surface area contributed by atoms with Crippen molar-refractivity contribution >= 4 is 11.9 Å². The van der Waals surface area contributed by atoms with Crippen LogP contribution in [0.25, 0.3) is 5.69 Å². The highest BCUT2D eigenvalue weighted by molar-refractivity contribution is 5.83. The van der Waals surface area contributed by atoms with E-state index in [9.17, 15) is 9.90 Å². The van der Waals surface area contributed by atoms with E-state index in [2.05, 4.69) is 10.1 Å². The van der Waals surface area contributed by atoms with Crippen molar-refractivity contribution in [3.63, 3.8) is 0 Å². The summed E-state index contributed by atoms with van der Waals surface area (Å²) < 4.78 is 1.51. The number of phenols is 1. The van der Waals surface area contributed by atoms with E-state index in [-0.39, 0.29) is 11.3 Å². The summed E-state index contributed by atoms with van der Waals surface area (Å²) in [5, 5.41) is 12.8. The van der Waals surface area contributed by atoms with Crippen molar-refractivity contribution in [2.24, 2.45) is 4.99 Å². The summed E-state index contributed by atoms with van der Waals surface area (Å²) in [6.07, 6.45) is 1.48. The summed E-state index contributed by atoms with van der Waals surface area (Å²) in [6, 6.07) is 14.4. The number of aliphatic imine (C=N–C) groups is 1. The molecule has 23 heavy (non-hydrogen) atoms. The number of aromatic amines is 1. The van der Waals surface area contributed by atoms with Crippen molar-refractivity contribution in [2.45, 2.75) is 13.8 Å². The number of hydrogen-bond donors (Lipinski definition) is 2. The van der Waals surface area contributed by atoms with Gasteiger partial charge in [-0.25, -0.2) is 4.68 Å². The van der Waals surface area contributed by atoms with Crippen LogP contribution in [0.2, 0.25) is 0 Å². The molecule has 0 saturated carbocycles. The van der Waals surface area contributed by atoms with Crippen LogP contribution in [0, 0.1) is 13.8 Å². The third-order valence-corrected chi connectivity index (χ3v) is 3.69. The van der Waals surface area contributed by atoms with Crippen LogP contribution in [0.3, 0.4) is 0 Å². The number of nitrogens with one attached hydrogen (secondary N) is 1. The van der Waals surface area contributed by atoms with Crippen LogP contribution in [0.1, 0.15) is 16.8 Å². The van der Waals surface area contributed by atoms with Crippen LogP contribution in [0.4, 0.5) is 5.69 Å². The van der Waals surface area contributed by atoms with Crippen molar-refractivity contribution in [1.82, 2.24) is 9.78 Å². The molecule has 0 bridgehead atoms. The van der Waals surface area contributed by atoms with Gasteiger partial charge < -0.3 is 5.11 Å². The Morgan fingerprint density at radius 2 is 1.78 bits per heavy atom. The molecule has 3 aromatic rings. The smallest absolute Gasteiger partial charge is 0.280 e. The standard InChI is InChI=1S/C18H17N3O2/c1-12-7-3-5-9-16(12)21-18(23)14(13(2)20-21)11-19-15-8-4-6-10-17(15)22/h3-11,20,22H,1-2H3. The third-order valence-electron chi connectivity index (χ3n) is 3.69. The molecule has 0 unspecified atom stereocenters. The number of para-hydroxylation sites is 3. The van der Waals surface area contributed by atoms with Crippen molar-refractivity contribution in [2.75, 3.05) is 0 Å². The van der Waals surface area contributed by atoms with Crippen LogP contribution in [-0.2, 0) is 0 Å². The molecular formula is C18H17N3O2. The molecule has 0 saturated heterocycles. The molecule has 0 aliphatic rings. The molecule has 2 N–H and O–H groups in total. The lowest BCUT2D eigenvalue weighted by Gasteiger charge is -2.04. The van der Waals surface area contributed by atoms with Crippen molar-refractivity contribution < 1.29 is 5.11 Å². The minimum atomic E-state index is -0.170. The first-order valence-electron chi connectivity index (χ1n) is 7.27. The maximum absolute atomic E-state index is 12.6. The van der Waals surface area contributed by atoms with Crippen LogP contribution in [0.5, 0.6) is 5.75 Å². The summed E-state index contributed by atoms with van der Waals surface area (Å²) in [5.74, 6) is 0.0798. The molecule has 0 fully saturated rings. The monoisotopic (exact) mass is 307 g/mol. The van der Waals surface area contributed by atoms with E-state index in [1.54, 1.807) is 24.3 Å². The Morgan fingerprint density at radius 3 is 2.52 bits per heavy atom. The number of aryl methyl sites for hydroxylation is 2. The molecule has 3 rings (SSSR count). The first-order valence-corrected chi connectivity index (χ1v) is 7.27. The lowest BCUT2D eigenvalue weighted by molar-refractivity contribution is 0.477. The third kappa shape index (κ3) is 2.81. The van der Waals surface area contributed by atoms with Crippen molar-refractivity contribution in [1.29, 1.82) is 0 Å². The highest BCUT2D eigenvalue weighted by Crippen LogP contribution is 2.24. The van der Waals surface area contributed by atoms with Gasteiger partial charge in [0.25, 0.3) is 5.56 Å². The molecular weight excluding hydrogens is 290 g/mol. The van der Waals surface area contributed by atoms with Crippen molar-refractivity contribution in [3.8, 4) is 11.4 Å². The zero-order chi connectivity index (χ0) is 16.4. The van der Waals surface area contributed by atoms with Gasteiger partial charge in [0.05, 0.1) is 11.3 Å². The molecule has 0 atom stereocenters. The Bertz CT molecular complexity index is 935. The molecule has 5 heteroatoms. The lowest BCUT2D eigenvalue weighted by atomic mass is 10.2. The first-order chi connectivity index (χ1) is 11.1. The summed E-state index contributed by atoms with van der Waals surface area (Å²) >= 11 is 0. The SMILES string of the molecule is Cc1ccccc1-n1[nH]c(C)c(C=Nc2ccccc2O)c1=O. The van der Waals surface area contributed by atoms with Gasteiger partial charge in [0, 0.05) is 11.9 Å². The number of nitrogens with zero attached hydrogens (tertiary/aromatic N) is 2. The summed E-state index contributed by atoms with van der Waals surface area (Å²) in [7, 11) is 0. The average molecular weight is 307 g/mol. The fourth-order valence-electron chi connectivity index (χ4n) is 2.40. The second-order valence-electron chi connectivity index (χ2n) is 5.32. The fraction of sp³-hybridized carbons (Fsp3) is 0.111. The molecule has 0 aliphatic heterocycles. The topological polar surface area (TPSA) is 70.4 Å². The van der Waals surface area contributed by atoms with Gasteiger partial charge in [0.2, 0.25) is 0 Å². The molecule has 116 valence electrons. The molecule has 0 amide bonds. The molecule has 0 spiro atoms. The van der Waals surface area contributed by atoms with Gasteiger partial charge in [0.1, 0.15) is 11.4 Å². The number of aromatic nitrogens is 2. The number of H-pyrrole nitrogens is 1. The number of benzene rings is 2. The zero-order valence-electron chi connectivity index (χ0n) is 12.9. The van der Waals surface area contributed by atoms with Crippen LogP contribution < -0.4 is 5.56 Å². The lowest BCUT2D eigenvalue weighted by Crippen LogP contribution is -2.18. The van der Waals surface area contributed by atoms with Crippen LogP contribution >= 0.6 is 0 Å². The summed E-state index contributed by atoms with van der Waals surface area (Å²) in [5.41, 5.74) is 3.25. The van der Waals surface area contributed by atoms with Gasteiger partial charge in [-0.05, 0) is 37.6 Å².